The van der Waals surface area contributed by atoms with Crippen LogP contribution in [0.5, 0.6) is 0 Å². The molecule has 4 nitrogen and oxygen atoms in total. The van der Waals surface area contributed by atoms with Crippen molar-refractivity contribution >= 4 is 17.7 Å². The van der Waals surface area contributed by atoms with Gasteiger partial charge in [-0.05, 0) is 31.4 Å². The molecule has 5 heteroatoms. The van der Waals surface area contributed by atoms with Crippen molar-refractivity contribution in [3.63, 3.8) is 0 Å². The van der Waals surface area contributed by atoms with Gasteiger partial charge in [0.05, 0.1) is 19.1 Å². The van der Waals surface area contributed by atoms with Crippen LogP contribution in [0.4, 0.5) is 0 Å². The summed E-state index contributed by atoms with van der Waals surface area (Å²) in [5.41, 5.74) is 0. The van der Waals surface area contributed by atoms with Crippen molar-refractivity contribution in [1.29, 1.82) is 0 Å². The topological polar surface area (TPSA) is 50.4 Å². The summed E-state index contributed by atoms with van der Waals surface area (Å²) in [7, 11) is 1.89. The standard InChI is InChI=1S/C11H20N2O2S/c1-12-10-7-15-6-9(10)11(14)13-8-2-4-16-5-3-8/h8-10,12H,2-7H2,1H3,(H,13,14). The second-order valence-corrected chi connectivity index (χ2v) is 5.66. The molecule has 2 saturated heterocycles. The summed E-state index contributed by atoms with van der Waals surface area (Å²) in [6.45, 7) is 1.20. The minimum Gasteiger partial charge on any atom is -0.379 e. The van der Waals surface area contributed by atoms with Crippen LogP contribution in [0.15, 0.2) is 0 Å². The number of amides is 1. The van der Waals surface area contributed by atoms with E-state index in [1.807, 2.05) is 18.8 Å². The zero-order chi connectivity index (χ0) is 11.4. The van der Waals surface area contributed by atoms with Gasteiger partial charge in [-0.3, -0.25) is 4.79 Å². The Balaban J connectivity index is 1.82. The lowest BCUT2D eigenvalue weighted by Crippen LogP contribution is -2.46. The Kier molecular flexibility index (Phi) is 4.49. The first-order valence-corrected chi connectivity index (χ1v) is 7.10. The lowest BCUT2D eigenvalue weighted by Gasteiger charge is -2.25. The predicted molar refractivity (Wildman–Crippen MR) is 65.6 cm³/mol. The van der Waals surface area contributed by atoms with E-state index in [1.54, 1.807) is 0 Å². The number of ether oxygens (including phenoxy) is 1. The molecule has 1 amide bonds. The number of nitrogens with one attached hydrogen (secondary N) is 2. The van der Waals surface area contributed by atoms with Crippen molar-refractivity contribution < 1.29 is 9.53 Å². The van der Waals surface area contributed by atoms with Gasteiger partial charge in [-0.25, -0.2) is 0 Å². The minimum atomic E-state index is -0.0143. The molecule has 0 aromatic heterocycles. The minimum absolute atomic E-state index is 0.0143. The zero-order valence-corrected chi connectivity index (χ0v) is 10.5. The van der Waals surface area contributed by atoms with Crippen molar-refractivity contribution in [2.45, 2.75) is 24.9 Å². The van der Waals surface area contributed by atoms with Gasteiger partial charge in [0.1, 0.15) is 0 Å². The van der Waals surface area contributed by atoms with E-state index >= 15 is 0 Å². The number of thioether (sulfide) groups is 1. The molecule has 0 aliphatic carbocycles. The average molecular weight is 244 g/mol. The van der Waals surface area contributed by atoms with Crippen molar-refractivity contribution in [3.05, 3.63) is 0 Å². The van der Waals surface area contributed by atoms with Crippen molar-refractivity contribution in [2.24, 2.45) is 5.92 Å². The number of likely N-dealkylation sites (N-methyl/N-ethyl adjacent to an activating group) is 1. The molecule has 2 unspecified atom stereocenters. The van der Waals surface area contributed by atoms with Gasteiger partial charge in [0.2, 0.25) is 5.91 Å². The Bertz CT molecular complexity index is 244. The lowest BCUT2D eigenvalue weighted by molar-refractivity contribution is -0.126. The summed E-state index contributed by atoms with van der Waals surface area (Å²) < 4.78 is 5.34. The molecular weight excluding hydrogens is 224 g/mol. The molecule has 16 heavy (non-hydrogen) atoms. The first-order valence-electron chi connectivity index (χ1n) is 5.94. The number of hydrogen-bond donors (Lipinski definition) is 2. The maximum atomic E-state index is 12.0. The van der Waals surface area contributed by atoms with Crippen LogP contribution in [-0.2, 0) is 9.53 Å². The van der Waals surface area contributed by atoms with Crippen LogP contribution < -0.4 is 10.6 Å². The highest BCUT2D eigenvalue weighted by molar-refractivity contribution is 7.99. The highest BCUT2D eigenvalue weighted by atomic mass is 32.2. The normalized spacial score (nSPS) is 31.6. The summed E-state index contributed by atoms with van der Waals surface area (Å²) in [5.74, 6) is 2.48. The van der Waals surface area contributed by atoms with Crippen LogP contribution in [-0.4, -0.2) is 49.8 Å². The van der Waals surface area contributed by atoms with E-state index in [-0.39, 0.29) is 17.9 Å². The number of carbonyl (C=O) groups excluding carboxylic acids is 1. The van der Waals surface area contributed by atoms with Crippen LogP contribution in [0, 0.1) is 5.92 Å². The Hall–Kier alpha value is -0.260. The van der Waals surface area contributed by atoms with Gasteiger partial charge < -0.3 is 15.4 Å². The Labute approximate surface area is 101 Å². The third-order valence-electron chi connectivity index (χ3n) is 3.36. The maximum absolute atomic E-state index is 12.0. The van der Waals surface area contributed by atoms with Crippen molar-refractivity contribution in [3.8, 4) is 0 Å². The van der Waals surface area contributed by atoms with Crippen LogP contribution in [0.1, 0.15) is 12.8 Å². The molecule has 0 radical (unpaired) electrons. The quantitative estimate of drug-likeness (QED) is 0.746. The molecule has 0 aromatic rings. The molecule has 2 heterocycles. The van der Waals surface area contributed by atoms with Crippen molar-refractivity contribution in [1.82, 2.24) is 10.6 Å². The summed E-state index contributed by atoms with van der Waals surface area (Å²) in [4.78, 5) is 12.0. The second-order valence-electron chi connectivity index (χ2n) is 4.43. The molecule has 2 atom stereocenters. The highest BCUT2D eigenvalue weighted by Crippen LogP contribution is 2.19. The molecule has 0 bridgehead atoms. The third kappa shape index (κ3) is 2.90. The molecule has 2 fully saturated rings. The summed E-state index contributed by atoms with van der Waals surface area (Å²) >= 11 is 1.97. The largest absolute Gasteiger partial charge is 0.379 e. The molecule has 2 rings (SSSR count). The molecular formula is C11H20N2O2S. The van der Waals surface area contributed by atoms with E-state index in [4.69, 9.17) is 4.74 Å². The van der Waals surface area contributed by atoms with Gasteiger partial charge in [-0.15, -0.1) is 0 Å². The molecule has 0 aromatic carbocycles. The Morgan fingerprint density at radius 3 is 2.75 bits per heavy atom. The van der Waals surface area contributed by atoms with E-state index < -0.39 is 0 Å². The molecule has 2 aliphatic heterocycles. The van der Waals surface area contributed by atoms with Crippen LogP contribution in [0.2, 0.25) is 0 Å². The molecule has 92 valence electrons. The smallest absolute Gasteiger partial charge is 0.227 e. The van der Waals surface area contributed by atoms with Gasteiger partial charge in [0.25, 0.3) is 0 Å². The van der Waals surface area contributed by atoms with Crippen LogP contribution in [0.3, 0.4) is 0 Å². The maximum Gasteiger partial charge on any atom is 0.227 e. The SMILES string of the molecule is CNC1COCC1C(=O)NC1CCSCC1. The Morgan fingerprint density at radius 1 is 1.31 bits per heavy atom. The first kappa shape index (κ1) is 12.2. The van der Waals surface area contributed by atoms with Gasteiger partial charge in [0, 0.05) is 12.1 Å². The van der Waals surface area contributed by atoms with E-state index in [1.165, 1.54) is 11.5 Å². The molecule has 0 saturated carbocycles. The second kappa shape index (κ2) is 5.89. The average Bonchev–Trinajstić information content (AvgIpc) is 2.78. The summed E-state index contributed by atoms with van der Waals surface area (Å²) in [5, 5.41) is 6.30. The fourth-order valence-corrected chi connectivity index (χ4v) is 3.35. The fourth-order valence-electron chi connectivity index (χ4n) is 2.25. The number of carbonyl (C=O) groups is 1. The monoisotopic (exact) mass is 244 g/mol. The van der Waals surface area contributed by atoms with Gasteiger partial charge in [0.15, 0.2) is 0 Å². The van der Waals surface area contributed by atoms with Gasteiger partial charge in [-0.1, -0.05) is 0 Å². The van der Waals surface area contributed by atoms with Crippen molar-refractivity contribution in [2.75, 3.05) is 31.8 Å². The number of rotatable bonds is 3. The van der Waals surface area contributed by atoms with E-state index in [0.29, 0.717) is 19.3 Å². The first-order chi connectivity index (χ1) is 7.81. The zero-order valence-electron chi connectivity index (χ0n) is 9.70. The van der Waals surface area contributed by atoms with E-state index in [0.717, 1.165) is 12.8 Å². The predicted octanol–water partition coefficient (Wildman–Crippen LogP) is 0.233. The lowest BCUT2D eigenvalue weighted by atomic mass is 10.0. The Morgan fingerprint density at radius 2 is 2.06 bits per heavy atom. The summed E-state index contributed by atoms with van der Waals surface area (Å²) in [6, 6.07) is 0.560. The fraction of sp³-hybridized carbons (Fsp3) is 0.909. The highest BCUT2D eigenvalue weighted by Gasteiger charge is 2.33. The van der Waals surface area contributed by atoms with Gasteiger partial charge >= 0.3 is 0 Å². The molecule has 2 aliphatic rings. The molecule has 2 N–H and O–H groups in total. The van der Waals surface area contributed by atoms with Crippen LogP contribution in [0.25, 0.3) is 0 Å². The van der Waals surface area contributed by atoms with Crippen LogP contribution >= 0.6 is 11.8 Å². The summed E-state index contributed by atoms with van der Waals surface area (Å²) in [6.07, 6.45) is 2.21. The van der Waals surface area contributed by atoms with E-state index in [2.05, 4.69) is 10.6 Å². The third-order valence-corrected chi connectivity index (χ3v) is 4.40. The molecule has 0 spiro atoms. The van der Waals surface area contributed by atoms with Gasteiger partial charge in [-0.2, -0.15) is 11.8 Å². The number of hydrogen-bond acceptors (Lipinski definition) is 4. The van der Waals surface area contributed by atoms with E-state index in [9.17, 15) is 4.79 Å².